The molecule has 1 heterocycles. The summed E-state index contributed by atoms with van der Waals surface area (Å²) in [5.74, 6) is 0.799. The van der Waals surface area contributed by atoms with Gasteiger partial charge in [0, 0.05) is 25.2 Å². The number of amides is 1. The molecule has 0 bridgehead atoms. The molecule has 1 aliphatic heterocycles. The van der Waals surface area contributed by atoms with E-state index in [0.29, 0.717) is 11.5 Å². The van der Waals surface area contributed by atoms with E-state index in [0.717, 1.165) is 29.5 Å². The monoisotopic (exact) mass is 597 g/mol. The average Bonchev–Trinajstić information content (AvgIpc) is 3.03. The van der Waals surface area contributed by atoms with Gasteiger partial charge in [-0.3, -0.25) is 14.0 Å². The fraction of sp³-hybridized carbons (Fsp3) is 0.387. The van der Waals surface area contributed by atoms with E-state index >= 15 is 0 Å². The van der Waals surface area contributed by atoms with Crippen LogP contribution in [0, 0.1) is 0 Å². The van der Waals surface area contributed by atoms with Gasteiger partial charge in [-0.1, -0.05) is 30.7 Å². The fourth-order valence-corrected chi connectivity index (χ4v) is 6.36. The van der Waals surface area contributed by atoms with Gasteiger partial charge >= 0.3 is 0 Å². The number of nitrogens with zero attached hydrogens (tertiary/aromatic N) is 2. The molecule has 1 N–H and O–H groups in total. The molecule has 4 rings (SSSR count). The van der Waals surface area contributed by atoms with Gasteiger partial charge in [0.1, 0.15) is 18.0 Å². The Hall–Kier alpha value is -3.96. The summed E-state index contributed by atoms with van der Waals surface area (Å²) in [6, 6.07) is 17.2. The smallest absolute Gasteiger partial charge is 0.265 e. The summed E-state index contributed by atoms with van der Waals surface area (Å²) in [4.78, 5) is 15.6. The largest absolute Gasteiger partial charge is 0.497 e. The molecule has 3 aromatic carbocycles. The van der Waals surface area contributed by atoms with Gasteiger partial charge < -0.3 is 24.3 Å². The van der Waals surface area contributed by atoms with E-state index in [1.54, 1.807) is 12.1 Å². The molecule has 1 amide bonds. The number of hydrogen-bond acceptors (Lipinski definition) is 8. The van der Waals surface area contributed by atoms with E-state index in [2.05, 4.69) is 22.3 Å². The number of methoxy groups -OCH3 is 4. The minimum atomic E-state index is -4.27. The van der Waals surface area contributed by atoms with Crippen molar-refractivity contribution < 1.29 is 32.2 Å². The van der Waals surface area contributed by atoms with Crippen molar-refractivity contribution in [3.8, 4) is 23.0 Å². The van der Waals surface area contributed by atoms with Crippen LogP contribution in [0.5, 0.6) is 23.0 Å². The number of nitrogens with one attached hydrogen (secondary N) is 1. The third kappa shape index (κ3) is 7.46. The maximum absolute atomic E-state index is 14.0. The molecule has 1 aliphatic rings. The predicted octanol–water partition coefficient (Wildman–Crippen LogP) is 4.22. The second kappa shape index (κ2) is 14.3. The first kappa shape index (κ1) is 31.0. The van der Waals surface area contributed by atoms with Crippen LogP contribution in [0.1, 0.15) is 30.4 Å². The molecule has 0 unspecified atom stereocenters. The van der Waals surface area contributed by atoms with Crippen molar-refractivity contribution in [2.75, 3.05) is 52.4 Å². The summed E-state index contributed by atoms with van der Waals surface area (Å²) in [6.45, 7) is 2.92. The normalized spacial score (nSPS) is 13.7. The maximum atomic E-state index is 14.0. The molecule has 3 aromatic rings. The number of rotatable bonds is 13. The molecular weight excluding hydrogens is 558 g/mol. The minimum Gasteiger partial charge on any atom is -0.497 e. The van der Waals surface area contributed by atoms with Crippen LogP contribution in [0.3, 0.4) is 0 Å². The van der Waals surface area contributed by atoms with Crippen LogP contribution >= 0.6 is 0 Å². The van der Waals surface area contributed by atoms with E-state index in [1.165, 1.54) is 77.5 Å². The Bertz CT molecular complexity index is 1460. The van der Waals surface area contributed by atoms with Crippen molar-refractivity contribution in [1.82, 2.24) is 10.2 Å². The zero-order chi connectivity index (χ0) is 30.1. The topological polar surface area (TPSA) is 107 Å². The Morgan fingerprint density at radius 3 is 2.07 bits per heavy atom. The quantitative estimate of drug-likeness (QED) is 0.312. The molecule has 11 heteroatoms. The highest BCUT2D eigenvalue weighted by molar-refractivity contribution is 7.92. The molecule has 0 saturated carbocycles. The Morgan fingerprint density at radius 1 is 0.786 bits per heavy atom. The molecule has 0 aromatic heterocycles. The van der Waals surface area contributed by atoms with Crippen LogP contribution in [0.25, 0.3) is 0 Å². The number of hydrogen-bond donors (Lipinski definition) is 1. The zero-order valence-electron chi connectivity index (χ0n) is 24.6. The Balaban J connectivity index is 1.55. The number of sulfonamides is 1. The highest BCUT2D eigenvalue weighted by Gasteiger charge is 2.31. The van der Waals surface area contributed by atoms with Crippen LogP contribution in [-0.2, 0) is 27.9 Å². The number of anilines is 1. The molecule has 42 heavy (non-hydrogen) atoms. The van der Waals surface area contributed by atoms with Gasteiger partial charge in [0.2, 0.25) is 5.91 Å². The van der Waals surface area contributed by atoms with Crippen molar-refractivity contribution in [2.24, 2.45) is 0 Å². The lowest BCUT2D eigenvalue weighted by Crippen LogP contribution is -2.41. The van der Waals surface area contributed by atoms with Crippen LogP contribution < -0.4 is 28.6 Å². The van der Waals surface area contributed by atoms with Gasteiger partial charge in [-0.2, -0.15) is 0 Å². The van der Waals surface area contributed by atoms with Crippen LogP contribution in [0.2, 0.25) is 0 Å². The van der Waals surface area contributed by atoms with Crippen LogP contribution in [0.4, 0.5) is 5.69 Å². The van der Waals surface area contributed by atoms with Crippen molar-refractivity contribution in [3.63, 3.8) is 0 Å². The molecule has 0 radical (unpaired) electrons. The lowest BCUT2D eigenvalue weighted by molar-refractivity contribution is -0.119. The fourth-order valence-electron chi connectivity index (χ4n) is 4.92. The number of benzene rings is 3. The first-order valence-corrected chi connectivity index (χ1v) is 15.3. The van der Waals surface area contributed by atoms with Crippen molar-refractivity contribution in [1.29, 1.82) is 0 Å². The molecular formula is C31H39N3O7S. The summed E-state index contributed by atoms with van der Waals surface area (Å²) in [7, 11) is 1.52. The van der Waals surface area contributed by atoms with E-state index < -0.39 is 22.5 Å². The summed E-state index contributed by atoms with van der Waals surface area (Å²) in [5.41, 5.74) is 2.30. The van der Waals surface area contributed by atoms with Crippen LogP contribution in [0.15, 0.2) is 65.6 Å². The standard InChI is InChI=1S/C31H39N3O7S/c1-38-25-12-14-28(39-2)27(18-25)34(42(36,37)26-13-15-29(40-3)30(19-26)41-4)22-31(35)32-20-23-8-10-24(11-9-23)21-33-16-6-5-7-17-33/h8-15,18-19H,5-7,16-17,20-22H2,1-4H3,(H,32,35). The van der Waals surface area contributed by atoms with Crippen LogP contribution in [-0.4, -0.2) is 67.3 Å². The van der Waals surface area contributed by atoms with E-state index in [9.17, 15) is 13.2 Å². The molecule has 0 aliphatic carbocycles. The van der Waals surface area contributed by atoms with E-state index in [4.69, 9.17) is 18.9 Å². The second-order valence-electron chi connectivity index (χ2n) is 10.00. The van der Waals surface area contributed by atoms with Gasteiger partial charge in [0.05, 0.1) is 39.0 Å². The molecule has 1 saturated heterocycles. The SMILES string of the molecule is COc1ccc(OC)c(N(CC(=O)NCc2ccc(CN3CCCCC3)cc2)S(=O)(=O)c2ccc(OC)c(OC)c2)c1. The minimum absolute atomic E-state index is 0.0814. The summed E-state index contributed by atoms with van der Waals surface area (Å²) < 4.78 is 50.5. The number of carbonyl (C=O) groups excluding carboxylic acids is 1. The van der Waals surface area contributed by atoms with Crippen molar-refractivity contribution in [2.45, 2.75) is 37.2 Å². The molecule has 1 fully saturated rings. The second-order valence-corrected chi connectivity index (χ2v) is 11.9. The maximum Gasteiger partial charge on any atom is 0.265 e. The lowest BCUT2D eigenvalue weighted by Gasteiger charge is -2.26. The van der Waals surface area contributed by atoms with Crippen molar-refractivity contribution >= 4 is 21.6 Å². The lowest BCUT2D eigenvalue weighted by atomic mass is 10.1. The van der Waals surface area contributed by atoms with Gasteiger partial charge in [0.15, 0.2) is 11.5 Å². The Labute approximate surface area is 248 Å². The average molecular weight is 598 g/mol. The van der Waals surface area contributed by atoms with Gasteiger partial charge in [-0.05, 0) is 61.3 Å². The Morgan fingerprint density at radius 2 is 1.43 bits per heavy atom. The van der Waals surface area contributed by atoms with E-state index in [-0.39, 0.29) is 28.6 Å². The first-order chi connectivity index (χ1) is 20.3. The number of ether oxygens (including phenoxy) is 4. The third-order valence-electron chi connectivity index (χ3n) is 7.25. The molecule has 10 nitrogen and oxygen atoms in total. The summed E-state index contributed by atoms with van der Waals surface area (Å²) >= 11 is 0. The molecule has 226 valence electrons. The highest BCUT2D eigenvalue weighted by atomic mass is 32.2. The summed E-state index contributed by atoms with van der Waals surface area (Å²) in [6.07, 6.45) is 3.78. The first-order valence-electron chi connectivity index (χ1n) is 13.8. The van der Waals surface area contributed by atoms with Gasteiger partial charge in [0.25, 0.3) is 10.0 Å². The highest BCUT2D eigenvalue weighted by Crippen LogP contribution is 2.37. The third-order valence-corrected chi connectivity index (χ3v) is 9.01. The van der Waals surface area contributed by atoms with E-state index in [1.807, 2.05) is 12.1 Å². The molecule has 0 atom stereocenters. The Kier molecular flexibility index (Phi) is 10.5. The number of carbonyl (C=O) groups is 1. The number of likely N-dealkylation sites (tertiary alicyclic amines) is 1. The molecule has 0 spiro atoms. The van der Waals surface area contributed by atoms with Crippen molar-refractivity contribution in [3.05, 3.63) is 71.8 Å². The number of piperidine rings is 1. The zero-order valence-corrected chi connectivity index (χ0v) is 25.4. The summed E-state index contributed by atoms with van der Waals surface area (Å²) in [5, 5.41) is 2.86. The van der Waals surface area contributed by atoms with Gasteiger partial charge in [-0.25, -0.2) is 8.42 Å². The predicted molar refractivity (Wildman–Crippen MR) is 161 cm³/mol. The van der Waals surface area contributed by atoms with Gasteiger partial charge in [-0.15, -0.1) is 0 Å².